The molecule has 2 N–H and O–H groups in total. The molecule has 1 aromatic carbocycles. The molecule has 0 bridgehead atoms. The summed E-state index contributed by atoms with van der Waals surface area (Å²) in [5, 5.41) is 3.22. The fourth-order valence-corrected chi connectivity index (χ4v) is 3.51. The van der Waals surface area contributed by atoms with Gasteiger partial charge in [-0.2, -0.15) is 0 Å². The van der Waals surface area contributed by atoms with Gasteiger partial charge in [0.05, 0.1) is 10.6 Å². The zero-order valence-corrected chi connectivity index (χ0v) is 12.6. The maximum Gasteiger partial charge on any atom is 0.179 e. The average molecular weight is 292 g/mol. The summed E-state index contributed by atoms with van der Waals surface area (Å²) in [5.41, 5.74) is 2.17. The van der Waals surface area contributed by atoms with Gasteiger partial charge >= 0.3 is 0 Å². The molecule has 108 valence electrons. The minimum atomic E-state index is -3.24. The van der Waals surface area contributed by atoms with Crippen LogP contribution in [0.4, 0.5) is 0 Å². The number of aryl methyl sites for hydroxylation is 1. The van der Waals surface area contributed by atoms with Crippen molar-refractivity contribution in [1.82, 2.24) is 10.3 Å². The van der Waals surface area contributed by atoms with Crippen LogP contribution in [0.5, 0.6) is 0 Å². The lowest BCUT2D eigenvalue weighted by atomic mass is 10.2. The van der Waals surface area contributed by atoms with E-state index in [4.69, 9.17) is 0 Å². The third-order valence-corrected chi connectivity index (χ3v) is 5.10. The molecule has 20 heavy (non-hydrogen) atoms. The number of hydrogen-bond donors (Lipinski definition) is 2. The molecule has 0 aliphatic rings. The van der Waals surface area contributed by atoms with Crippen LogP contribution in [0.15, 0.2) is 47.6 Å². The van der Waals surface area contributed by atoms with Crippen molar-refractivity contribution in [2.45, 2.75) is 31.3 Å². The first kappa shape index (κ1) is 14.8. The lowest BCUT2D eigenvalue weighted by Crippen LogP contribution is -2.32. The Kier molecular flexibility index (Phi) is 4.62. The zero-order valence-electron chi connectivity index (χ0n) is 11.8. The lowest BCUT2D eigenvalue weighted by molar-refractivity contribution is 0.556. The number of aromatic nitrogens is 1. The van der Waals surface area contributed by atoms with Crippen LogP contribution in [0.1, 0.15) is 18.1 Å². The smallest absolute Gasteiger partial charge is 0.179 e. The molecule has 0 aliphatic heterocycles. The van der Waals surface area contributed by atoms with E-state index in [0.717, 1.165) is 11.1 Å². The molecular formula is C15H20N2O2S. The van der Waals surface area contributed by atoms with Gasteiger partial charge in [0, 0.05) is 25.0 Å². The number of aromatic amines is 1. The molecule has 0 spiro atoms. The fourth-order valence-electron chi connectivity index (χ4n) is 1.99. The van der Waals surface area contributed by atoms with Gasteiger partial charge in [-0.3, -0.25) is 0 Å². The van der Waals surface area contributed by atoms with Gasteiger partial charge in [0.1, 0.15) is 0 Å². The highest BCUT2D eigenvalue weighted by Gasteiger charge is 2.18. The Morgan fingerprint density at radius 3 is 2.50 bits per heavy atom. The summed E-state index contributed by atoms with van der Waals surface area (Å²) in [7, 11) is -3.24. The van der Waals surface area contributed by atoms with E-state index in [-0.39, 0.29) is 11.8 Å². The van der Waals surface area contributed by atoms with Gasteiger partial charge in [-0.1, -0.05) is 17.7 Å². The largest absolute Gasteiger partial charge is 0.367 e. The molecule has 0 radical (unpaired) electrons. The van der Waals surface area contributed by atoms with Gasteiger partial charge < -0.3 is 10.3 Å². The summed E-state index contributed by atoms with van der Waals surface area (Å²) < 4.78 is 24.5. The molecule has 0 amide bonds. The number of rotatable bonds is 6. The van der Waals surface area contributed by atoms with Crippen LogP contribution >= 0.6 is 0 Å². The highest BCUT2D eigenvalue weighted by Crippen LogP contribution is 2.13. The molecule has 0 saturated carbocycles. The van der Waals surface area contributed by atoms with Crippen LogP contribution in [-0.4, -0.2) is 25.2 Å². The molecule has 5 heteroatoms. The van der Waals surface area contributed by atoms with E-state index in [1.54, 1.807) is 12.1 Å². The third kappa shape index (κ3) is 3.95. The van der Waals surface area contributed by atoms with Crippen molar-refractivity contribution in [2.24, 2.45) is 0 Å². The Balaban J connectivity index is 1.95. The van der Waals surface area contributed by atoms with Crippen molar-refractivity contribution in [1.29, 1.82) is 0 Å². The Hall–Kier alpha value is -1.59. The molecule has 1 atom stereocenters. The van der Waals surface area contributed by atoms with Gasteiger partial charge in [0.15, 0.2) is 9.84 Å². The number of sulfone groups is 1. The zero-order chi connectivity index (χ0) is 14.6. The molecule has 2 aromatic rings. The summed E-state index contributed by atoms with van der Waals surface area (Å²) in [4.78, 5) is 3.36. The van der Waals surface area contributed by atoms with Gasteiger partial charge in [-0.05, 0) is 37.6 Å². The predicted molar refractivity (Wildman–Crippen MR) is 80.3 cm³/mol. The van der Waals surface area contributed by atoms with Crippen molar-refractivity contribution in [3.63, 3.8) is 0 Å². The van der Waals surface area contributed by atoms with Gasteiger partial charge in [0.2, 0.25) is 0 Å². The van der Waals surface area contributed by atoms with Crippen LogP contribution in [-0.2, 0) is 16.4 Å². The van der Waals surface area contributed by atoms with E-state index < -0.39 is 9.84 Å². The number of H-pyrrole nitrogens is 1. The van der Waals surface area contributed by atoms with Crippen LogP contribution in [0.3, 0.4) is 0 Å². The number of nitrogens with one attached hydrogen (secondary N) is 2. The van der Waals surface area contributed by atoms with Crippen LogP contribution in [0, 0.1) is 6.92 Å². The first-order chi connectivity index (χ1) is 9.47. The van der Waals surface area contributed by atoms with Crippen molar-refractivity contribution >= 4 is 9.84 Å². The number of hydrogen-bond acceptors (Lipinski definition) is 3. The first-order valence-corrected chi connectivity index (χ1v) is 8.27. The van der Waals surface area contributed by atoms with Gasteiger partial charge in [-0.15, -0.1) is 0 Å². The van der Waals surface area contributed by atoms with Crippen LogP contribution in [0.2, 0.25) is 0 Å². The maximum absolute atomic E-state index is 12.3. The summed E-state index contributed by atoms with van der Waals surface area (Å²) in [6, 6.07) is 8.85. The fraction of sp³-hybridized carbons (Fsp3) is 0.333. The van der Waals surface area contributed by atoms with E-state index in [2.05, 4.69) is 10.3 Å². The molecule has 1 heterocycles. The van der Waals surface area contributed by atoms with Gasteiger partial charge in [-0.25, -0.2) is 8.42 Å². The summed E-state index contributed by atoms with van der Waals surface area (Å²) in [5.74, 6) is 0.0977. The minimum Gasteiger partial charge on any atom is -0.367 e. The SMILES string of the molecule is Cc1ccc(S(=O)(=O)C[C@@H](C)NCc2cc[nH]c2)cc1. The second-order valence-corrected chi connectivity index (χ2v) is 7.13. The van der Waals surface area contributed by atoms with Crippen molar-refractivity contribution in [3.05, 3.63) is 53.9 Å². The molecule has 0 fully saturated rings. The molecule has 1 aromatic heterocycles. The van der Waals surface area contributed by atoms with E-state index in [9.17, 15) is 8.42 Å². The minimum absolute atomic E-state index is 0.0977. The quantitative estimate of drug-likeness (QED) is 0.858. The topological polar surface area (TPSA) is 62.0 Å². The molecular weight excluding hydrogens is 272 g/mol. The molecule has 0 saturated heterocycles. The lowest BCUT2D eigenvalue weighted by Gasteiger charge is -2.14. The Morgan fingerprint density at radius 1 is 1.20 bits per heavy atom. The van der Waals surface area contributed by atoms with Crippen molar-refractivity contribution in [3.8, 4) is 0 Å². The number of benzene rings is 1. The predicted octanol–water partition coefficient (Wildman–Crippen LogP) is 2.28. The molecule has 0 aliphatic carbocycles. The highest BCUT2D eigenvalue weighted by atomic mass is 32.2. The second kappa shape index (κ2) is 6.24. The maximum atomic E-state index is 12.3. The standard InChI is InChI=1S/C15H20N2O2S/c1-12-3-5-15(6-4-12)20(18,19)11-13(2)17-10-14-7-8-16-9-14/h3-9,13,16-17H,10-11H2,1-2H3/t13-/m1/s1. The third-order valence-electron chi connectivity index (χ3n) is 3.17. The Bertz CT molecular complexity index is 631. The summed E-state index contributed by atoms with van der Waals surface area (Å²) >= 11 is 0. The normalized spacial score (nSPS) is 13.3. The van der Waals surface area contributed by atoms with Crippen LogP contribution in [0.25, 0.3) is 0 Å². The molecule has 4 nitrogen and oxygen atoms in total. The van der Waals surface area contributed by atoms with E-state index in [1.165, 1.54) is 0 Å². The van der Waals surface area contributed by atoms with E-state index in [0.29, 0.717) is 11.4 Å². The Morgan fingerprint density at radius 2 is 1.90 bits per heavy atom. The van der Waals surface area contributed by atoms with Gasteiger partial charge in [0.25, 0.3) is 0 Å². The van der Waals surface area contributed by atoms with Crippen LogP contribution < -0.4 is 5.32 Å². The highest BCUT2D eigenvalue weighted by molar-refractivity contribution is 7.91. The average Bonchev–Trinajstić information content (AvgIpc) is 2.89. The van der Waals surface area contributed by atoms with Crippen molar-refractivity contribution < 1.29 is 8.42 Å². The van der Waals surface area contributed by atoms with E-state index in [1.807, 2.05) is 44.4 Å². The summed E-state index contributed by atoms with van der Waals surface area (Å²) in [6.45, 7) is 4.49. The summed E-state index contributed by atoms with van der Waals surface area (Å²) in [6.07, 6.45) is 3.75. The van der Waals surface area contributed by atoms with Crippen molar-refractivity contribution in [2.75, 3.05) is 5.75 Å². The molecule has 0 unspecified atom stereocenters. The first-order valence-electron chi connectivity index (χ1n) is 6.62. The van der Waals surface area contributed by atoms with E-state index >= 15 is 0 Å². The Labute approximate surface area is 120 Å². The second-order valence-electron chi connectivity index (χ2n) is 5.10. The molecule has 2 rings (SSSR count). The monoisotopic (exact) mass is 292 g/mol.